The number of rotatable bonds is 2. The number of halogens is 1. The van der Waals surface area contributed by atoms with Gasteiger partial charge in [-0.05, 0) is 24.6 Å². The van der Waals surface area contributed by atoms with E-state index in [2.05, 4.69) is 4.99 Å². The van der Waals surface area contributed by atoms with Crippen LogP contribution in [0.2, 0.25) is 5.02 Å². The van der Waals surface area contributed by atoms with Crippen molar-refractivity contribution in [2.75, 3.05) is 14.1 Å². The molecule has 0 saturated carbocycles. The van der Waals surface area contributed by atoms with Crippen LogP contribution in [0.5, 0.6) is 0 Å². The van der Waals surface area contributed by atoms with E-state index in [1.54, 1.807) is 23.1 Å². The molecule has 0 radical (unpaired) electrons. The van der Waals surface area contributed by atoms with E-state index in [4.69, 9.17) is 11.6 Å². The van der Waals surface area contributed by atoms with Crippen LogP contribution in [0.1, 0.15) is 15.9 Å². The summed E-state index contributed by atoms with van der Waals surface area (Å²) in [5.41, 5.74) is 1.42. The van der Waals surface area contributed by atoms with Crippen LogP contribution in [0.3, 0.4) is 0 Å². The molecule has 1 aromatic carbocycles. The van der Waals surface area contributed by atoms with Gasteiger partial charge in [0, 0.05) is 24.7 Å². The lowest BCUT2D eigenvalue weighted by molar-refractivity contribution is 0.100. The predicted molar refractivity (Wildman–Crippen MR) is 62.7 cm³/mol. The smallest absolute Gasteiger partial charge is 0.278 e. The van der Waals surface area contributed by atoms with Crippen molar-refractivity contribution in [2.45, 2.75) is 6.92 Å². The normalized spacial score (nSPS) is 10.7. The van der Waals surface area contributed by atoms with Crippen molar-refractivity contribution < 1.29 is 4.79 Å². The van der Waals surface area contributed by atoms with Crippen molar-refractivity contribution in [3.63, 3.8) is 0 Å². The molecule has 0 atom stereocenters. The maximum Gasteiger partial charge on any atom is 0.278 e. The maximum atomic E-state index is 11.6. The van der Waals surface area contributed by atoms with Crippen molar-refractivity contribution in [1.29, 1.82) is 0 Å². The molecular weight excluding hydrogens is 212 g/mol. The van der Waals surface area contributed by atoms with E-state index in [9.17, 15) is 4.79 Å². The van der Waals surface area contributed by atoms with Gasteiger partial charge in [-0.25, -0.2) is 0 Å². The van der Waals surface area contributed by atoms with Gasteiger partial charge in [0.2, 0.25) is 0 Å². The molecular formula is C11H13ClN2O. The fourth-order valence-electron chi connectivity index (χ4n) is 1.06. The second kappa shape index (κ2) is 4.94. The Hall–Kier alpha value is -1.35. The molecule has 0 unspecified atom stereocenters. The lowest BCUT2D eigenvalue weighted by Gasteiger charge is -2.04. The van der Waals surface area contributed by atoms with Crippen molar-refractivity contribution in [3.05, 3.63) is 34.3 Å². The molecule has 0 heterocycles. The van der Waals surface area contributed by atoms with Crippen molar-refractivity contribution in [2.24, 2.45) is 4.99 Å². The topological polar surface area (TPSA) is 32.7 Å². The zero-order chi connectivity index (χ0) is 11.4. The monoisotopic (exact) mass is 224 g/mol. The first-order chi connectivity index (χ1) is 7.00. The molecule has 0 aliphatic carbocycles. The van der Waals surface area contributed by atoms with Gasteiger partial charge >= 0.3 is 0 Å². The van der Waals surface area contributed by atoms with Gasteiger partial charge in [-0.1, -0.05) is 17.7 Å². The fourth-order valence-corrected chi connectivity index (χ4v) is 1.23. The Morgan fingerprint density at radius 3 is 2.73 bits per heavy atom. The summed E-state index contributed by atoms with van der Waals surface area (Å²) in [4.78, 5) is 17.1. The highest BCUT2D eigenvalue weighted by Gasteiger charge is 2.07. The van der Waals surface area contributed by atoms with Crippen LogP contribution < -0.4 is 0 Å². The van der Waals surface area contributed by atoms with Gasteiger partial charge in [-0.15, -0.1) is 0 Å². The molecule has 0 saturated heterocycles. The van der Waals surface area contributed by atoms with Gasteiger partial charge in [-0.3, -0.25) is 4.79 Å². The van der Waals surface area contributed by atoms with Crippen molar-refractivity contribution in [1.82, 2.24) is 4.90 Å². The molecule has 0 spiro atoms. The molecule has 0 aliphatic heterocycles. The molecule has 0 bridgehead atoms. The van der Waals surface area contributed by atoms with Crippen LogP contribution in [-0.2, 0) is 0 Å². The summed E-state index contributed by atoms with van der Waals surface area (Å²) in [6.07, 6.45) is 1.47. The average Bonchev–Trinajstić information content (AvgIpc) is 2.18. The summed E-state index contributed by atoms with van der Waals surface area (Å²) in [6.45, 7) is 1.86. The van der Waals surface area contributed by atoms with E-state index in [-0.39, 0.29) is 5.91 Å². The molecule has 0 N–H and O–H groups in total. The molecule has 1 rings (SSSR count). The van der Waals surface area contributed by atoms with E-state index in [0.717, 1.165) is 5.56 Å². The number of aliphatic imine (C=N–C) groups is 1. The zero-order valence-electron chi connectivity index (χ0n) is 8.99. The third kappa shape index (κ3) is 3.36. The van der Waals surface area contributed by atoms with Crippen LogP contribution in [0, 0.1) is 6.92 Å². The van der Waals surface area contributed by atoms with Gasteiger partial charge in [0.05, 0.1) is 6.34 Å². The molecule has 4 heteroatoms. The van der Waals surface area contributed by atoms with E-state index in [1.807, 2.05) is 21.0 Å². The summed E-state index contributed by atoms with van der Waals surface area (Å²) >= 11 is 5.81. The molecule has 80 valence electrons. The number of amides is 1. The zero-order valence-corrected chi connectivity index (χ0v) is 9.75. The molecule has 0 aliphatic rings. The Kier molecular flexibility index (Phi) is 3.86. The highest BCUT2D eigenvalue weighted by atomic mass is 35.5. The van der Waals surface area contributed by atoms with Crippen LogP contribution >= 0.6 is 11.6 Å². The molecule has 1 aromatic rings. The van der Waals surface area contributed by atoms with Crippen LogP contribution in [0.25, 0.3) is 0 Å². The number of benzene rings is 1. The van der Waals surface area contributed by atoms with Gasteiger partial charge < -0.3 is 4.90 Å². The third-order valence-corrected chi connectivity index (χ3v) is 2.07. The first-order valence-electron chi connectivity index (χ1n) is 4.52. The summed E-state index contributed by atoms with van der Waals surface area (Å²) < 4.78 is 0. The first kappa shape index (κ1) is 11.7. The van der Waals surface area contributed by atoms with E-state index >= 15 is 0 Å². The lowest BCUT2D eigenvalue weighted by Crippen LogP contribution is -2.10. The SMILES string of the molecule is Cc1ccc(Cl)cc1C(=O)N=CN(C)C. The standard InChI is InChI=1S/C11H13ClN2O/c1-8-4-5-9(12)6-10(8)11(15)13-7-14(2)3/h4-7H,1-3H3. The Bertz CT molecular complexity index is 400. The summed E-state index contributed by atoms with van der Waals surface area (Å²) in [5.74, 6) is -0.274. The number of carbonyl (C=O) groups is 1. The highest BCUT2D eigenvalue weighted by Crippen LogP contribution is 2.16. The van der Waals surface area contributed by atoms with Crippen molar-refractivity contribution in [3.8, 4) is 0 Å². The minimum Gasteiger partial charge on any atom is -0.369 e. The minimum absolute atomic E-state index is 0.274. The summed E-state index contributed by atoms with van der Waals surface area (Å²) in [6, 6.07) is 5.19. The second-order valence-electron chi connectivity index (χ2n) is 3.47. The van der Waals surface area contributed by atoms with E-state index in [0.29, 0.717) is 10.6 Å². The third-order valence-electron chi connectivity index (χ3n) is 1.84. The van der Waals surface area contributed by atoms with Crippen LogP contribution in [-0.4, -0.2) is 31.2 Å². The van der Waals surface area contributed by atoms with Gasteiger partial charge in [0.1, 0.15) is 0 Å². The molecule has 0 aromatic heterocycles. The highest BCUT2D eigenvalue weighted by molar-refractivity contribution is 6.31. The fraction of sp³-hybridized carbons (Fsp3) is 0.273. The van der Waals surface area contributed by atoms with Crippen molar-refractivity contribution >= 4 is 23.8 Å². The van der Waals surface area contributed by atoms with Gasteiger partial charge in [0.25, 0.3) is 5.91 Å². The van der Waals surface area contributed by atoms with Crippen LogP contribution in [0.15, 0.2) is 23.2 Å². The van der Waals surface area contributed by atoms with Gasteiger partial charge in [-0.2, -0.15) is 4.99 Å². The number of hydrogen-bond acceptors (Lipinski definition) is 1. The minimum atomic E-state index is -0.274. The van der Waals surface area contributed by atoms with Gasteiger partial charge in [0.15, 0.2) is 0 Å². The molecule has 0 fully saturated rings. The van der Waals surface area contributed by atoms with E-state index < -0.39 is 0 Å². The molecule has 15 heavy (non-hydrogen) atoms. The second-order valence-corrected chi connectivity index (χ2v) is 3.91. The summed E-state index contributed by atoms with van der Waals surface area (Å²) in [7, 11) is 3.61. The predicted octanol–water partition coefficient (Wildman–Crippen LogP) is 2.38. The Labute approximate surface area is 94.4 Å². The first-order valence-corrected chi connectivity index (χ1v) is 4.89. The lowest BCUT2D eigenvalue weighted by atomic mass is 10.1. The summed E-state index contributed by atoms with van der Waals surface area (Å²) in [5, 5.41) is 0.545. The molecule has 3 nitrogen and oxygen atoms in total. The number of carbonyl (C=O) groups excluding carboxylic acids is 1. The Morgan fingerprint density at radius 2 is 2.13 bits per heavy atom. The number of hydrogen-bond donors (Lipinski definition) is 0. The maximum absolute atomic E-state index is 11.6. The Morgan fingerprint density at radius 1 is 1.47 bits per heavy atom. The number of aryl methyl sites for hydroxylation is 1. The molecule has 1 amide bonds. The quantitative estimate of drug-likeness (QED) is 0.571. The Balaban J connectivity index is 2.96. The van der Waals surface area contributed by atoms with E-state index in [1.165, 1.54) is 6.34 Å². The number of nitrogens with zero attached hydrogens (tertiary/aromatic N) is 2. The van der Waals surface area contributed by atoms with Crippen LogP contribution in [0.4, 0.5) is 0 Å². The average molecular weight is 225 g/mol. The largest absolute Gasteiger partial charge is 0.369 e.